The number of rotatable bonds is 2. The average molecular weight is 382 g/mol. The molecule has 1 fully saturated rings. The second kappa shape index (κ2) is 5.43. The summed E-state index contributed by atoms with van der Waals surface area (Å²) in [6.45, 7) is 1.11. The van der Waals surface area contributed by atoms with Crippen molar-refractivity contribution in [3.05, 3.63) is 16.1 Å². The maximum atomic E-state index is 4.39. The molecule has 1 atom stereocenters. The number of anilines is 1. The summed E-state index contributed by atoms with van der Waals surface area (Å²) in [4.78, 5) is 10.8. The number of piperidine rings is 1. The Morgan fingerprint density at radius 1 is 1.53 bits per heavy atom. The van der Waals surface area contributed by atoms with Crippen molar-refractivity contribution in [2.24, 2.45) is 0 Å². The Labute approximate surface area is 112 Å². The second-order valence-electron chi connectivity index (χ2n) is 3.69. The smallest absolute Gasteiger partial charge is 0.145 e. The number of hydrogen-bond donors (Lipinski definition) is 0. The monoisotopic (exact) mass is 381 g/mol. The van der Waals surface area contributed by atoms with Gasteiger partial charge in [0.2, 0.25) is 0 Å². The fourth-order valence-corrected chi connectivity index (χ4v) is 3.24. The van der Waals surface area contributed by atoms with Crippen LogP contribution in [0.25, 0.3) is 0 Å². The Kier molecular flexibility index (Phi) is 4.19. The first-order chi connectivity index (χ1) is 7.33. The molecule has 1 unspecified atom stereocenters. The van der Waals surface area contributed by atoms with Gasteiger partial charge < -0.3 is 4.90 Å². The van der Waals surface area contributed by atoms with Gasteiger partial charge in [-0.25, -0.2) is 9.97 Å². The van der Waals surface area contributed by atoms with Crippen LogP contribution in [0, 0.1) is 3.57 Å². The Bertz CT molecular complexity index is 334. The summed E-state index contributed by atoms with van der Waals surface area (Å²) in [6.07, 6.45) is 7.36. The molecule has 0 aromatic carbocycles. The third kappa shape index (κ3) is 2.61. The normalized spacial score (nSPS) is 21.7. The third-order valence-corrected chi connectivity index (χ3v) is 4.23. The lowest BCUT2D eigenvalue weighted by Crippen LogP contribution is -2.41. The van der Waals surface area contributed by atoms with E-state index in [1.807, 2.05) is 6.20 Å². The number of nitrogens with zero attached hydrogens (tertiary/aromatic N) is 3. The minimum atomic E-state index is 0.585. The van der Waals surface area contributed by atoms with Gasteiger partial charge in [0.25, 0.3) is 0 Å². The molecule has 5 heteroatoms. The van der Waals surface area contributed by atoms with Crippen LogP contribution in [0.3, 0.4) is 0 Å². The Hall–Kier alpha value is 0.0900. The van der Waals surface area contributed by atoms with Crippen molar-refractivity contribution in [3.8, 4) is 0 Å². The number of alkyl halides is 1. The zero-order chi connectivity index (χ0) is 10.7. The van der Waals surface area contributed by atoms with Gasteiger partial charge in [0.15, 0.2) is 0 Å². The Morgan fingerprint density at radius 3 is 3.13 bits per heavy atom. The molecular formula is C10H13BrIN3. The number of hydrogen-bond acceptors (Lipinski definition) is 3. The molecule has 0 saturated carbocycles. The standard InChI is InChI=1S/C10H13BrIN3/c11-5-8-3-1-2-4-15(8)10-9(12)6-13-7-14-10/h6-8H,1-5H2. The largest absolute Gasteiger partial charge is 0.352 e. The molecule has 0 bridgehead atoms. The molecule has 1 aliphatic heterocycles. The quantitative estimate of drug-likeness (QED) is 0.582. The van der Waals surface area contributed by atoms with Crippen LogP contribution < -0.4 is 4.90 Å². The predicted octanol–water partition coefficient (Wildman–Crippen LogP) is 2.84. The van der Waals surface area contributed by atoms with E-state index in [1.165, 1.54) is 19.3 Å². The topological polar surface area (TPSA) is 29.0 Å². The molecule has 0 aliphatic carbocycles. The van der Waals surface area contributed by atoms with E-state index in [1.54, 1.807) is 6.33 Å². The maximum absolute atomic E-state index is 4.39. The van der Waals surface area contributed by atoms with Crippen molar-refractivity contribution in [2.45, 2.75) is 25.3 Å². The first-order valence-corrected chi connectivity index (χ1v) is 7.31. The van der Waals surface area contributed by atoms with E-state index in [4.69, 9.17) is 0 Å². The lowest BCUT2D eigenvalue weighted by Gasteiger charge is -2.36. The van der Waals surface area contributed by atoms with E-state index in [0.717, 1.165) is 21.3 Å². The highest BCUT2D eigenvalue weighted by atomic mass is 127. The van der Waals surface area contributed by atoms with Crippen LogP contribution in [0.5, 0.6) is 0 Å². The maximum Gasteiger partial charge on any atom is 0.145 e. The SMILES string of the molecule is BrCC1CCCCN1c1ncncc1I. The summed E-state index contributed by atoms with van der Waals surface area (Å²) >= 11 is 5.89. The highest BCUT2D eigenvalue weighted by molar-refractivity contribution is 14.1. The molecular weight excluding hydrogens is 369 g/mol. The van der Waals surface area contributed by atoms with Crippen LogP contribution in [0.15, 0.2) is 12.5 Å². The summed E-state index contributed by atoms with van der Waals surface area (Å²) in [5, 5.41) is 1.02. The molecule has 2 heterocycles. The molecule has 82 valence electrons. The van der Waals surface area contributed by atoms with Gasteiger partial charge in [0.05, 0.1) is 3.57 Å². The highest BCUT2D eigenvalue weighted by Gasteiger charge is 2.23. The van der Waals surface area contributed by atoms with Gasteiger partial charge in [-0.15, -0.1) is 0 Å². The summed E-state index contributed by atoms with van der Waals surface area (Å²) in [6, 6.07) is 0.585. The van der Waals surface area contributed by atoms with Gasteiger partial charge in [-0.1, -0.05) is 15.9 Å². The van der Waals surface area contributed by atoms with Gasteiger partial charge >= 0.3 is 0 Å². The van der Waals surface area contributed by atoms with Crippen LogP contribution in [-0.2, 0) is 0 Å². The van der Waals surface area contributed by atoms with Crippen molar-refractivity contribution < 1.29 is 0 Å². The van der Waals surface area contributed by atoms with Crippen LogP contribution in [0.2, 0.25) is 0 Å². The van der Waals surface area contributed by atoms with E-state index < -0.39 is 0 Å². The fourth-order valence-electron chi connectivity index (χ4n) is 1.96. The van der Waals surface area contributed by atoms with Crippen LogP contribution in [-0.4, -0.2) is 27.9 Å². The van der Waals surface area contributed by atoms with Crippen molar-refractivity contribution in [3.63, 3.8) is 0 Å². The first kappa shape index (κ1) is 11.6. The van der Waals surface area contributed by atoms with Crippen molar-refractivity contribution in [1.29, 1.82) is 0 Å². The molecule has 0 amide bonds. The van der Waals surface area contributed by atoms with Crippen LogP contribution in [0.1, 0.15) is 19.3 Å². The lowest BCUT2D eigenvalue weighted by atomic mass is 10.0. The molecule has 0 radical (unpaired) electrons. The summed E-state index contributed by atoms with van der Waals surface area (Å²) in [5.41, 5.74) is 0. The minimum Gasteiger partial charge on any atom is -0.352 e. The molecule has 0 N–H and O–H groups in total. The first-order valence-electron chi connectivity index (χ1n) is 5.11. The van der Waals surface area contributed by atoms with Crippen molar-refractivity contribution >= 4 is 44.3 Å². The predicted molar refractivity (Wildman–Crippen MR) is 73.5 cm³/mol. The molecule has 1 saturated heterocycles. The molecule has 15 heavy (non-hydrogen) atoms. The summed E-state index contributed by atoms with van der Waals surface area (Å²) in [5.74, 6) is 1.09. The van der Waals surface area contributed by atoms with Gasteiger partial charge in [-0.2, -0.15) is 0 Å². The van der Waals surface area contributed by atoms with Gasteiger partial charge in [0.1, 0.15) is 12.1 Å². The Balaban J connectivity index is 2.24. The van der Waals surface area contributed by atoms with Crippen LogP contribution >= 0.6 is 38.5 Å². The van der Waals surface area contributed by atoms with E-state index >= 15 is 0 Å². The number of halogens is 2. The third-order valence-electron chi connectivity index (χ3n) is 2.73. The van der Waals surface area contributed by atoms with E-state index in [0.29, 0.717) is 6.04 Å². The van der Waals surface area contributed by atoms with Gasteiger partial charge in [-0.3, -0.25) is 0 Å². The molecule has 2 rings (SSSR count). The zero-order valence-corrected chi connectivity index (χ0v) is 12.1. The summed E-state index contributed by atoms with van der Waals surface area (Å²) in [7, 11) is 0. The van der Waals surface area contributed by atoms with Gasteiger partial charge in [0, 0.05) is 24.1 Å². The van der Waals surface area contributed by atoms with Crippen molar-refractivity contribution in [2.75, 3.05) is 16.8 Å². The molecule has 1 aromatic heterocycles. The highest BCUT2D eigenvalue weighted by Crippen LogP contribution is 2.27. The molecule has 3 nitrogen and oxygen atoms in total. The summed E-state index contributed by atoms with van der Waals surface area (Å²) < 4.78 is 1.14. The lowest BCUT2D eigenvalue weighted by molar-refractivity contribution is 0.486. The fraction of sp³-hybridized carbons (Fsp3) is 0.600. The molecule has 1 aliphatic rings. The van der Waals surface area contributed by atoms with E-state index in [9.17, 15) is 0 Å². The van der Waals surface area contributed by atoms with Crippen LogP contribution in [0.4, 0.5) is 5.82 Å². The van der Waals surface area contributed by atoms with Crippen molar-refractivity contribution in [1.82, 2.24) is 9.97 Å². The Morgan fingerprint density at radius 2 is 2.40 bits per heavy atom. The number of aromatic nitrogens is 2. The molecule has 0 spiro atoms. The van der Waals surface area contributed by atoms with Gasteiger partial charge in [-0.05, 0) is 41.9 Å². The zero-order valence-electron chi connectivity index (χ0n) is 8.37. The minimum absolute atomic E-state index is 0.585. The van der Waals surface area contributed by atoms with E-state index in [2.05, 4.69) is 53.4 Å². The molecule has 1 aromatic rings. The van der Waals surface area contributed by atoms with E-state index in [-0.39, 0.29) is 0 Å². The average Bonchev–Trinajstić information content (AvgIpc) is 2.30. The second-order valence-corrected chi connectivity index (χ2v) is 5.50.